The number of amides is 1. The maximum atomic E-state index is 14.4. The lowest BCUT2D eigenvalue weighted by molar-refractivity contribution is -0.133. The van der Waals surface area contributed by atoms with Crippen molar-refractivity contribution >= 4 is 39.1 Å². The summed E-state index contributed by atoms with van der Waals surface area (Å²) in [4.78, 5) is 25.9. The number of H-pyrrole nitrogens is 1. The van der Waals surface area contributed by atoms with Crippen molar-refractivity contribution in [2.75, 3.05) is 6.54 Å². The lowest BCUT2D eigenvalue weighted by Gasteiger charge is -2.32. The van der Waals surface area contributed by atoms with Gasteiger partial charge < -0.3 is 4.74 Å². The molecule has 1 aromatic heterocycles. The van der Waals surface area contributed by atoms with Crippen LogP contribution in [-0.2, 0) is 27.8 Å². The van der Waals surface area contributed by atoms with Crippen LogP contribution in [0.4, 0.5) is 8.78 Å². The number of benzene rings is 3. The van der Waals surface area contributed by atoms with Gasteiger partial charge >= 0.3 is 0 Å². The summed E-state index contributed by atoms with van der Waals surface area (Å²) in [6, 6.07) is 10.9. The number of aromatic nitrogens is 2. The molecule has 0 saturated heterocycles. The highest BCUT2D eigenvalue weighted by Gasteiger charge is 2.44. The maximum Gasteiger partial charge on any atom is 0.276 e. The summed E-state index contributed by atoms with van der Waals surface area (Å²) in [6.45, 7) is -0.187. The summed E-state index contributed by atoms with van der Waals surface area (Å²) in [5, 5.41) is 12.9. The minimum atomic E-state index is -4.42. The van der Waals surface area contributed by atoms with E-state index in [2.05, 4.69) is 5.10 Å². The van der Waals surface area contributed by atoms with E-state index in [1.807, 2.05) is 0 Å². The van der Waals surface area contributed by atoms with Gasteiger partial charge in [-0.25, -0.2) is 27.4 Å². The average Bonchev–Trinajstić information content (AvgIpc) is 3.29. The second-order valence-electron chi connectivity index (χ2n) is 8.98. The van der Waals surface area contributed by atoms with Crippen LogP contribution in [-0.4, -0.2) is 40.2 Å². The van der Waals surface area contributed by atoms with E-state index in [0.717, 1.165) is 22.5 Å². The molecule has 0 saturated carbocycles. The lowest BCUT2D eigenvalue weighted by atomic mass is 10.0. The number of hydroxylamine groups is 1. The Morgan fingerprint density at radius 2 is 1.83 bits per heavy atom. The van der Waals surface area contributed by atoms with Gasteiger partial charge in [-0.2, -0.15) is 4.31 Å². The number of carbonyl (C=O) groups is 1. The van der Waals surface area contributed by atoms with Gasteiger partial charge in [0.1, 0.15) is 35.7 Å². The summed E-state index contributed by atoms with van der Waals surface area (Å²) in [5.74, 6) is -2.64. The number of ether oxygens (including phenoxy) is 1. The van der Waals surface area contributed by atoms with Crippen molar-refractivity contribution in [2.45, 2.75) is 24.0 Å². The molecule has 41 heavy (non-hydrogen) atoms. The zero-order chi connectivity index (χ0) is 29.5. The van der Waals surface area contributed by atoms with Crippen LogP contribution >= 0.6 is 23.2 Å². The van der Waals surface area contributed by atoms with Gasteiger partial charge in [-0.1, -0.05) is 29.3 Å². The summed E-state index contributed by atoms with van der Waals surface area (Å²) in [5.41, 5.74) is 0.398. The van der Waals surface area contributed by atoms with Gasteiger partial charge in [0.2, 0.25) is 10.0 Å². The van der Waals surface area contributed by atoms with Crippen molar-refractivity contribution in [3.8, 4) is 11.4 Å². The van der Waals surface area contributed by atoms with E-state index in [-0.39, 0.29) is 35.7 Å². The summed E-state index contributed by atoms with van der Waals surface area (Å²) in [7, 11) is -4.42. The van der Waals surface area contributed by atoms with E-state index < -0.39 is 44.9 Å². The number of sulfonamides is 1. The Labute approximate surface area is 241 Å². The highest BCUT2D eigenvalue weighted by atomic mass is 35.5. The number of rotatable bonds is 7. The summed E-state index contributed by atoms with van der Waals surface area (Å²) < 4.78 is 62.7. The highest BCUT2D eigenvalue weighted by Crippen LogP contribution is 2.33. The van der Waals surface area contributed by atoms with Crippen LogP contribution in [0.5, 0.6) is 5.75 Å². The molecule has 0 fully saturated rings. The SMILES string of the molecule is O=C(NO)C1c2c([nH]n(-c3cc(F)ccc3F)c2=O)CCN1S(=O)(=O)c1ccc(OCc2ccc(Cl)cc2Cl)cc1. The van der Waals surface area contributed by atoms with Crippen LogP contribution in [0.3, 0.4) is 0 Å². The predicted molar refractivity (Wildman–Crippen MR) is 144 cm³/mol. The predicted octanol–water partition coefficient (Wildman–Crippen LogP) is 4.12. The molecule has 1 amide bonds. The Hall–Kier alpha value is -3.75. The third-order valence-corrected chi connectivity index (χ3v) is 8.96. The van der Waals surface area contributed by atoms with Gasteiger partial charge in [-0.05, 0) is 48.5 Å². The molecule has 1 unspecified atom stereocenters. The summed E-state index contributed by atoms with van der Waals surface area (Å²) >= 11 is 12.1. The quantitative estimate of drug-likeness (QED) is 0.209. The van der Waals surface area contributed by atoms with Crippen molar-refractivity contribution in [1.29, 1.82) is 0 Å². The Morgan fingerprint density at radius 3 is 2.51 bits per heavy atom. The topological polar surface area (TPSA) is 134 Å². The molecule has 0 radical (unpaired) electrons. The molecule has 3 N–H and O–H groups in total. The van der Waals surface area contributed by atoms with Gasteiger partial charge in [-0.15, -0.1) is 0 Å². The first-order valence-corrected chi connectivity index (χ1v) is 14.1. The van der Waals surface area contributed by atoms with E-state index in [1.54, 1.807) is 18.2 Å². The number of aromatic amines is 1. The fourth-order valence-electron chi connectivity index (χ4n) is 4.51. The van der Waals surface area contributed by atoms with E-state index in [9.17, 15) is 32.0 Å². The monoisotopic (exact) mass is 624 g/mol. The average molecular weight is 625 g/mol. The Balaban J connectivity index is 1.45. The molecule has 0 bridgehead atoms. The molecular formula is C26H20Cl2F2N4O6S. The van der Waals surface area contributed by atoms with Crippen LogP contribution < -0.4 is 15.8 Å². The van der Waals surface area contributed by atoms with Crippen molar-refractivity contribution in [3.05, 3.63) is 110 Å². The van der Waals surface area contributed by atoms with Crippen LogP contribution in [0.25, 0.3) is 5.69 Å². The molecular weight excluding hydrogens is 605 g/mol. The maximum absolute atomic E-state index is 14.4. The van der Waals surface area contributed by atoms with Gasteiger partial charge in [0.15, 0.2) is 0 Å². The fourth-order valence-corrected chi connectivity index (χ4v) is 6.54. The first-order valence-electron chi connectivity index (χ1n) is 11.9. The molecule has 0 spiro atoms. The van der Waals surface area contributed by atoms with Crippen molar-refractivity contribution in [3.63, 3.8) is 0 Å². The zero-order valence-electron chi connectivity index (χ0n) is 20.8. The Bertz CT molecular complexity index is 1810. The minimum Gasteiger partial charge on any atom is -0.489 e. The van der Waals surface area contributed by atoms with E-state index in [4.69, 9.17) is 27.9 Å². The van der Waals surface area contributed by atoms with Crippen LogP contribution in [0, 0.1) is 11.6 Å². The third-order valence-electron chi connectivity index (χ3n) is 6.50. The summed E-state index contributed by atoms with van der Waals surface area (Å²) in [6.07, 6.45) is -0.0635. The number of hydrogen-bond acceptors (Lipinski definition) is 6. The highest BCUT2D eigenvalue weighted by molar-refractivity contribution is 7.89. The lowest BCUT2D eigenvalue weighted by Crippen LogP contribution is -2.48. The normalized spacial score (nSPS) is 15.4. The number of fused-ring (bicyclic) bond motifs is 1. The Morgan fingerprint density at radius 1 is 1.10 bits per heavy atom. The number of hydrogen-bond donors (Lipinski definition) is 3. The molecule has 1 atom stereocenters. The molecule has 10 nitrogen and oxygen atoms in total. The first-order chi connectivity index (χ1) is 19.5. The molecule has 214 valence electrons. The molecule has 4 aromatic rings. The third kappa shape index (κ3) is 5.46. The minimum absolute atomic E-state index is 0.0635. The second-order valence-corrected chi connectivity index (χ2v) is 11.7. The Kier molecular flexibility index (Phi) is 7.90. The smallest absolute Gasteiger partial charge is 0.276 e. The van der Waals surface area contributed by atoms with Gasteiger partial charge in [0.05, 0.1) is 10.5 Å². The number of halogens is 4. The molecule has 1 aliphatic rings. The number of nitrogens with zero attached hydrogens (tertiary/aromatic N) is 2. The molecule has 1 aliphatic heterocycles. The van der Waals surface area contributed by atoms with Crippen LogP contribution in [0.1, 0.15) is 22.9 Å². The van der Waals surface area contributed by atoms with Crippen molar-refractivity contribution in [1.82, 2.24) is 19.6 Å². The van der Waals surface area contributed by atoms with Gasteiger partial charge in [-0.3, -0.25) is 19.9 Å². The van der Waals surface area contributed by atoms with Gasteiger partial charge in [0.25, 0.3) is 11.5 Å². The first kappa shape index (κ1) is 28.8. The second kappa shape index (κ2) is 11.3. The molecule has 5 rings (SSSR count). The molecule has 3 aromatic carbocycles. The van der Waals surface area contributed by atoms with Crippen molar-refractivity contribution in [2.24, 2.45) is 0 Å². The van der Waals surface area contributed by atoms with Crippen molar-refractivity contribution < 1.29 is 31.9 Å². The van der Waals surface area contributed by atoms with E-state index in [0.29, 0.717) is 26.0 Å². The number of carbonyl (C=O) groups excluding carboxylic acids is 1. The fraction of sp³-hybridized carbons (Fsp3) is 0.154. The largest absolute Gasteiger partial charge is 0.489 e. The van der Waals surface area contributed by atoms with E-state index in [1.165, 1.54) is 29.7 Å². The van der Waals surface area contributed by atoms with Crippen LogP contribution in [0.2, 0.25) is 10.0 Å². The van der Waals surface area contributed by atoms with Gasteiger partial charge in [0, 0.05) is 40.3 Å². The zero-order valence-corrected chi connectivity index (χ0v) is 23.1. The van der Waals surface area contributed by atoms with E-state index >= 15 is 0 Å². The molecule has 2 heterocycles. The van der Waals surface area contributed by atoms with Crippen LogP contribution in [0.15, 0.2) is 70.4 Å². The number of nitrogens with one attached hydrogen (secondary N) is 2. The molecule has 0 aliphatic carbocycles. The molecule has 15 heteroatoms. The standard InChI is InChI=1S/C26H20Cl2F2N4O6S/c27-15-2-1-14(19(28)11-15)13-40-17-4-6-18(7-5-17)41(38,39)33-10-9-21-23(24(33)25(35)32-37)26(36)34(31-21)22-12-16(29)3-8-20(22)30/h1-8,11-12,24,31,37H,9-10,13H2,(H,32,35).